The third-order valence-corrected chi connectivity index (χ3v) is 3.99. The molecule has 0 saturated heterocycles. The molecule has 0 unspecified atom stereocenters. The molecule has 154 valence electrons. The fraction of sp³-hybridized carbons (Fsp3) is 0.955. The van der Waals surface area contributed by atoms with Gasteiger partial charge in [0.25, 0.3) is 0 Å². The van der Waals surface area contributed by atoms with Crippen molar-refractivity contribution in [2.45, 2.75) is 110 Å². The number of hydrogen-bond donors (Lipinski definition) is 1. The number of rotatable bonds is 16. The van der Waals surface area contributed by atoms with Crippen molar-refractivity contribution in [2.24, 2.45) is 0 Å². The average Bonchev–Trinajstić information content (AvgIpc) is 2.49. The Hall–Kier alpha value is -0.100. The number of carboxylic acids is 1. The molecule has 1 N–H and O–H groups in total. The van der Waals surface area contributed by atoms with E-state index in [0.29, 0.717) is 6.42 Å². The van der Waals surface area contributed by atoms with Gasteiger partial charge in [0.05, 0.1) is 0 Å². The standard InChI is InChI=1S/C18H36O2.C4H13P/c1-2-3-4-5-6-7-8-9-10-11-12-13-14-15-16-17-18(19)20;1-5(2,3)4/h2-17H2,1H3,(H,19,20);5H,1-4H3. The van der Waals surface area contributed by atoms with Gasteiger partial charge in [-0.15, -0.1) is 0 Å². The summed E-state index contributed by atoms with van der Waals surface area (Å²) in [6, 6.07) is 0. The third kappa shape index (κ3) is 40.1. The van der Waals surface area contributed by atoms with E-state index in [1.54, 1.807) is 0 Å². The zero-order valence-electron chi connectivity index (χ0n) is 18.2. The molecule has 0 aliphatic carbocycles. The summed E-state index contributed by atoms with van der Waals surface area (Å²) in [5.41, 5.74) is 0. The SMILES string of the molecule is CCCCCCCCCCCCCCCCCC(=O)O.C[PH](C)(C)C. The first-order valence-electron chi connectivity index (χ1n) is 11.0. The van der Waals surface area contributed by atoms with Crippen molar-refractivity contribution in [3.63, 3.8) is 0 Å². The Labute approximate surface area is 159 Å². The first-order valence-corrected chi connectivity index (χ1v) is 15.0. The quantitative estimate of drug-likeness (QED) is 0.222. The monoisotopic (exact) mass is 376 g/mol. The summed E-state index contributed by atoms with van der Waals surface area (Å²) in [5.74, 6) is -0.653. The molecule has 2 nitrogen and oxygen atoms in total. The van der Waals surface area contributed by atoms with E-state index in [-0.39, 0.29) is 0 Å². The van der Waals surface area contributed by atoms with E-state index in [1.807, 2.05) is 0 Å². The predicted octanol–water partition coefficient (Wildman–Crippen LogP) is 7.59. The van der Waals surface area contributed by atoms with Crippen LogP contribution in [0.15, 0.2) is 0 Å². The molecule has 0 spiro atoms. The van der Waals surface area contributed by atoms with E-state index in [9.17, 15) is 4.79 Å². The van der Waals surface area contributed by atoms with Crippen molar-refractivity contribution < 1.29 is 9.90 Å². The van der Waals surface area contributed by atoms with Crippen LogP contribution in [0.5, 0.6) is 0 Å². The minimum absolute atomic E-state index is 0.345. The van der Waals surface area contributed by atoms with E-state index < -0.39 is 13.2 Å². The van der Waals surface area contributed by atoms with Crippen LogP contribution in [0.1, 0.15) is 110 Å². The Morgan fingerprint density at radius 2 is 0.840 bits per heavy atom. The van der Waals surface area contributed by atoms with E-state index in [2.05, 4.69) is 33.6 Å². The summed E-state index contributed by atoms with van der Waals surface area (Å²) < 4.78 is 0. The third-order valence-electron chi connectivity index (χ3n) is 3.99. The summed E-state index contributed by atoms with van der Waals surface area (Å²) in [7, 11) is -0.611. The van der Waals surface area contributed by atoms with Crippen molar-refractivity contribution in [3.05, 3.63) is 0 Å². The molecule has 25 heavy (non-hydrogen) atoms. The van der Waals surface area contributed by atoms with Gasteiger partial charge in [-0.25, -0.2) is 0 Å². The van der Waals surface area contributed by atoms with Crippen LogP contribution in [0.2, 0.25) is 0 Å². The second-order valence-electron chi connectivity index (χ2n) is 9.09. The van der Waals surface area contributed by atoms with Gasteiger partial charge in [0, 0.05) is 6.42 Å². The molecular weight excluding hydrogens is 327 g/mol. The zero-order valence-corrected chi connectivity index (χ0v) is 19.2. The van der Waals surface area contributed by atoms with Crippen LogP contribution in [0, 0.1) is 0 Å². The van der Waals surface area contributed by atoms with Crippen LogP contribution >= 0.6 is 7.26 Å². The molecule has 0 amide bonds. The van der Waals surface area contributed by atoms with Crippen LogP contribution in [0.25, 0.3) is 0 Å². The van der Waals surface area contributed by atoms with Gasteiger partial charge in [-0.2, -0.15) is 0 Å². The van der Waals surface area contributed by atoms with E-state index in [0.717, 1.165) is 12.8 Å². The normalized spacial score (nSPS) is 11.7. The second kappa shape index (κ2) is 20.2. The molecule has 0 aromatic rings. The molecule has 0 saturated carbocycles. The predicted molar refractivity (Wildman–Crippen MR) is 119 cm³/mol. The minimum atomic E-state index is -0.653. The molecule has 0 radical (unpaired) electrons. The molecule has 0 fully saturated rings. The molecule has 0 atom stereocenters. The van der Waals surface area contributed by atoms with Crippen molar-refractivity contribution in [3.8, 4) is 0 Å². The molecule has 3 heteroatoms. The maximum absolute atomic E-state index is 10.3. The molecular formula is C22H49O2P. The molecule has 0 aliphatic heterocycles. The number of hydrogen-bond acceptors (Lipinski definition) is 1. The van der Waals surface area contributed by atoms with Crippen LogP contribution < -0.4 is 0 Å². The van der Waals surface area contributed by atoms with Gasteiger partial charge in [0.15, 0.2) is 0 Å². The van der Waals surface area contributed by atoms with Crippen molar-refractivity contribution in [1.29, 1.82) is 0 Å². The molecule has 0 heterocycles. The molecule has 0 aliphatic rings. The Kier molecular flexibility index (Phi) is 21.9. The van der Waals surface area contributed by atoms with Gasteiger partial charge in [-0.3, -0.25) is 4.79 Å². The zero-order chi connectivity index (χ0) is 19.4. The van der Waals surface area contributed by atoms with Crippen molar-refractivity contribution in [1.82, 2.24) is 0 Å². The van der Waals surface area contributed by atoms with Crippen LogP contribution in [-0.2, 0) is 4.79 Å². The van der Waals surface area contributed by atoms with Gasteiger partial charge in [0.2, 0.25) is 0 Å². The van der Waals surface area contributed by atoms with Crippen molar-refractivity contribution >= 4 is 13.2 Å². The van der Waals surface area contributed by atoms with Gasteiger partial charge >= 0.3 is 39.9 Å². The summed E-state index contributed by atoms with van der Waals surface area (Å²) in [6.45, 7) is 11.6. The van der Waals surface area contributed by atoms with Crippen LogP contribution in [0.4, 0.5) is 0 Å². The fourth-order valence-corrected chi connectivity index (χ4v) is 2.65. The van der Waals surface area contributed by atoms with Gasteiger partial charge in [0.1, 0.15) is 0 Å². The summed E-state index contributed by atoms with van der Waals surface area (Å²) in [5, 5.41) is 8.52. The Morgan fingerprint density at radius 3 is 1.08 bits per heavy atom. The first-order chi connectivity index (χ1) is 11.8. The van der Waals surface area contributed by atoms with E-state index in [1.165, 1.54) is 83.5 Å². The topological polar surface area (TPSA) is 37.3 Å². The van der Waals surface area contributed by atoms with Gasteiger partial charge < -0.3 is 5.11 Å². The number of carbonyl (C=O) groups is 1. The number of carboxylic acid groups (broad SMARTS) is 1. The average molecular weight is 377 g/mol. The summed E-state index contributed by atoms with van der Waals surface area (Å²) >= 11 is 0. The van der Waals surface area contributed by atoms with Crippen LogP contribution in [0.3, 0.4) is 0 Å². The fourth-order valence-electron chi connectivity index (χ4n) is 2.65. The van der Waals surface area contributed by atoms with Gasteiger partial charge in [-0.05, 0) is 6.42 Å². The van der Waals surface area contributed by atoms with Crippen LogP contribution in [-0.4, -0.2) is 37.7 Å². The maximum atomic E-state index is 10.3. The number of aliphatic carboxylic acids is 1. The molecule has 0 aromatic carbocycles. The van der Waals surface area contributed by atoms with Gasteiger partial charge in [-0.1, -0.05) is 96.8 Å². The first kappa shape index (κ1) is 27.1. The molecule has 0 bridgehead atoms. The summed E-state index contributed by atoms with van der Waals surface area (Å²) in [4.78, 5) is 10.3. The Balaban J connectivity index is 0. The Bertz CT molecular complexity index is 266. The molecule has 0 rings (SSSR count). The van der Waals surface area contributed by atoms with E-state index in [4.69, 9.17) is 5.11 Å². The van der Waals surface area contributed by atoms with E-state index >= 15 is 0 Å². The van der Waals surface area contributed by atoms with Crippen molar-refractivity contribution in [2.75, 3.05) is 26.7 Å². The summed E-state index contributed by atoms with van der Waals surface area (Å²) in [6.07, 6.45) is 20.2. The second-order valence-corrected chi connectivity index (χ2v) is 15.1. The molecule has 0 aromatic heterocycles. The Morgan fingerprint density at radius 1 is 0.600 bits per heavy atom. The number of unbranched alkanes of at least 4 members (excludes halogenated alkanes) is 14.